The van der Waals surface area contributed by atoms with Gasteiger partial charge in [0.15, 0.2) is 0 Å². The van der Waals surface area contributed by atoms with E-state index in [2.05, 4.69) is 24.1 Å². The SMILES string of the molecule is CCN(CCNC1CCC(C)CC1)C1CC1. The first-order valence-electron chi connectivity index (χ1n) is 7.27. The molecule has 2 heteroatoms. The summed E-state index contributed by atoms with van der Waals surface area (Å²) >= 11 is 0. The van der Waals surface area contributed by atoms with Crippen LogP contribution in [0.2, 0.25) is 0 Å². The summed E-state index contributed by atoms with van der Waals surface area (Å²) in [5.74, 6) is 0.969. The topological polar surface area (TPSA) is 15.3 Å². The maximum absolute atomic E-state index is 3.75. The van der Waals surface area contributed by atoms with E-state index in [0.717, 1.165) is 18.0 Å². The first-order chi connectivity index (χ1) is 7.79. The van der Waals surface area contributed by atoms with Crippen molar-refractivity contribution in [3.8, 4) is 0 Å². The zero-order valence-corrected chi connectivity index (χ0v) is 11.0. The zero-order valence-electron chi connectivity index (χ0n) is 11.0. The summed E-state index contributed by atoms with van der Waals surface area (Å²) in [7, 11) is 0. The number of hydrogen-bond donors (Lipinski definition) is 1. The first kappa shape index (κ1) is 12.4. The molecule has 94 valence electrons. The van der Waals surface area contributed by atoms with Crippen LogP contribution in [-0.2, 0) is 0 Å². The first-order valence-corrected chi connectivity index (χ1v) is 7.27. The Hall–Kier alpha value is -0.0800. The molecule has 1 N–H and O–H groups in total. The summed E-state index contributed by atoms with van der Waals surface area (Å²) in [5, 5.41) is 3.75. The molecule has 0 atom stereocenters. The highest BCUT2D eigenvalue weighted by atomic mass is 15.2. The molecule has 0 saturated heterocycles. The molecule has 2 saturated carbocycles. The molecule has 0 aromatic heterocycles. The Morgan fingerprint density at radius 3 is 2.31 bits per heavy atom. The van der Waals surface area contributed by atoms with Crippen molar-refractivity contribution in [3.05, 3.63) is 0 Å². The van der Waals surface area contributed by atoms with Gasteiger partial charge in [0.05, 0.1) is 0 Å². The molecule has 0 aromatic carbocycles. The van der Waals surface area contributed by atoms with Gasteiger partial charge in [-0.05, 0) is 51.0 Å². The molecule has 2 nitrogen and oxygen atoms in total. The fraction of sp³-hybridized carbons (Fsp3) is 1.00. The van der Waals surface area contributed by atoms with Crippen molar-refractivity contribution in [1.29, 1.82) is 0 Å². The molecule has 0 spiro atoms. The number of nitrogens with zero attached hydrogens (tertiary/aromatic N) is 1. The van der Waals surface area contributed by atoms with Crippen molar-refractivity contribution in [1.82, 2.24) is 10.2 Å². The lowest BCUT2D eigenvalue weighted by atomic mass is 9.87. The summed E-state index contributed by atoms with van der Waals surface area (Å²) in [6, 6.07) is 1.74. The zero-order chi connectivity index (χ0) is 11.4. The Morgan fingerprint density at radius 2 is 1.75 bits per heavy atom. The molecular formula is C14H28N2. The second kappa shape index (κ2) is 6.02. The van der Waals surface area contributed by atoms with Gasteiger partial charge < -0.3 is 5.32 Å². The van der Waals surface area contributed by atoms with Crippen LogP contribution in [0, 0.1) is 5.92 Å². The van der Waals surface area contributed by atoms with Gasteiger partial charge in [0.1, 0.15) is 0 Å². The average molecular weight is 224 g/mol. The molecule has 2 aliphatic carbocycles. The quantitative estimate of drug-likeness (QED) is 0.746. The molecule has 0 aromatic rings. The molecule has 0 bridgehead atoms. The van der Waals surface area contributed by atoms with Gasteiger partial charge in [0.25, 0.3) is 0 Å². The van der Waals surface area contributed by atoms with Gasteiger partial charge >= 0.3 is 0 Å². The van der Waals surface area contributed by atoms with E-state index in [1.807, 2.05) is 0 Å². The van der Waals surface area contributed by atoms with E-state index in [4.69, 9.17) is 0 Å². The molecule has 2 rings (SSSR count). The van der Waals surface area contributed by atoms with Crippen LogP contribution in [-0.4, -0.2) is 36.6 Å². The predicted octanol–water partition coefficient (Wildman–Crippen LogP) is 2.64. The summed E-state index contributed by atoms with van der Waals surface area (Å²) in [6.45, 7) is 8.37. The smallest absolute Gasteiger partial charge is 0.0110 e. The molecule has 16 heavy (non-hydrogen) atoms. The van der Waals surface area contributed by atoms with Crippen LogP contribution in [0.5, 0.6) is 0 Å². The molecule has 0 amide bonds. The maximum atomic E-state index is 3.75. The van der Waals surface area contributed by atoms with Crippen molar-refractivity contribution in [2.45, 2.75) is 64.5 Å². The normalized spacial score (nSPS) is 30.9. The average Bonchev–Trinajstić information content (AvgIpc) is 3.11. The Morgan fingerprint density at radius 1 is 1.06 bits per heavy atom. The van der Waals surface area contributed by atoms with Crippen LogP contribution in [0.15, 0.2) is 0 Å². The Kier molecular flexibility index (Phi) is 4.66. The van der Waals surface area contributed by atoms with Crippen LogP contribution >= 0.6 is 0 Å². The van der Waals surface area contributed by atoms with Crippen molar-refractivity contribution >= 4 is 0 Å². The number of likely N-dealkylation sites (N-methyl/N-ethyl adjacent to an activating group) is 1. The van der Waals surface area contributed by atoms with E-state index in [1.54, 1.807) is 0 Å². The minimum absolute atomic E-state index is 0.814. The van der Waals surface area contributed by atoms with E-state index in [9.17, 15) is 0 Å². The highest BCUT2D eigenvalue weighted by Gasteiger charge is 2.27. The monoisotopic (exact) mass is 224 g/mol. The number of nitrogens with one attached hydrogen (secondary N) is 1. The van der Waals surface area contributed by atoms with E-state index in [-0.39, 0.29) is 0 Å². The Balaban J connectivity index is 1.56. The standard InChI is InChI=1S/C14H28N2/c1-3-16(14-8-9-14)11-10-15-13-6-4-12(2)5-7-13/h12-15H,3-11H2,1-2H3. The summed E-state index contributed by atoms with van der Waals surface area (Å²) in [6.07, 6.45) is 8.53. The van der Waals surface area contributed by atoms with Gasteiger partial charge in [-0.1, -0.05) is 13.8 Å². The molecule has 2 aliphatic rings. The highest BCUT2D eigenvalue weighted by Crippen LogP contribution is 2.26. The summed E-state index contributed by atoms with van der Waals surface area (Å²) in [5.41, 5.74) is 0. The summed E-state index contributed by atoms with van der Waals surface area (Å²) in [4.78, 5) is 2.64. The van der Waals surface area contributed by atoms with Crippen LogP contribution in [0.1, 0.15) is 52.4 Å². The number of rotatable bonds is 6. The van der Waals surface area contributed by atoms with Crippen molar-refractivity contribution in [2.24, 2.45) is 5.92 Å². The minimum atomic E-state index is 0.814. The van der Waals surface area contributed by atoms with Crippen LogP contribution < -0.4 is 5.32 Å². The predicted molar refractivity (Wildman–Crippen MR) is 69.7 cm³/mol. The van der Waals surface area contributed by atoms with E-state index in [1.165, 1.54) is 58.2 Å². The van der Waals surface area contributed by atoms with Crippen molar-refractivity contribution in [2.75, 3.05) is 19.6 Å². The second-order valence-corrected chi connectivity index (χ2v) is 5.77. The molecule has 0 heterocycles. The number of hydrogen-bond acceptors (Lipinski definition) is 2. The van der Waals surface area contributed by atoms with E-state index in [0.29, 0.717) is 0 Å². The van der Waals surface area contributed by atoms with Crippen LogP contribution in [0.4, 0.5) is 0 Å². The van der Waals surface area contributed by atoms with E-state index < -0.39 is 0 Å². The Bertz CT molecular complexity index is 193. The van der Waals surface area contributed by atoms with E-state index >= 15 is 0 Å². The third kappa shape index (κ3) is 3.74. The van der Waals surface area contributed by atoms with Gasteiger partial charge in [0.2, 0.25) is 0 Å². The van der Waals surface area contributed by atoms with Gasteiger partial charge in [-0.2, -0.15) is 0 Å². The lowest BCUT2D eigenvalue weighted by molar-refractivity contribution is 0.255. The van der Waals surface area contributed by atoms with Crippen LogP contribution in [0.3, 0.4) is 0 Å². The summed E-state index contributed by atoms with van der Waals surface area (Å²) < 4.78 is 0. The van der Waals surface area contributed by atoms with Gasteiger partial charge in [-0.15, -0.1) is 0 Å². The molecule has 0 unspecified atom stereocenters. The molecule has 2 fully saturated rings. The van der Waals surface area contributed by atoms with Crippen molar-refractivity contribution < 1.29 is 0 Å². The molecule has 0 radical (unpaired) electrons. The Labute approximate surface area is 101 Å². The lowest BCUT2D eigenvalue weighted by Crippen LogP contribution is -2.39. The second-order valence-electron chi connectivity index (χ2n) is 5.77. The molecular weight excluding hydrogens is 196 g/mol. The fourth-order valence-electron chi connectivity index (χ4n) is 2.92. The third-order valence-corrected chi connectivity index (χ3v) is 4.32. The van der Waals surface area contributed by atoms with Gasteiger partial charge in [-0.25, -0.2) is 0 Å². The van der Waals surface area contributed by atoms with Crippen LogP contribution in [0.25, 0.3) is 0 Å². The maximum Gasteiger partial charge on any atom is 0.0110 e. The highest BCUT2D eigenvalue weighted by molar-refractivity contribution is 4.84. The third-order valence-electron chi connectivity index (χ3n) is 4.32. The molecule has 0 aliphatic heterocycles. The lowest BCUT2D eigenvalue weighted by Gasteiger charge is -2.28. The fourth-order valence-corrected chi connectivity index (χ4v) is 2.92. The van der Waals surface area contributed by atoms with Gasteiger partial charge in [-0.3, -0.25) is 4.90 Å². The largest absolute Gasteiger partial charge is 0.313 e. The minimum Gasteiger partial charge on any atom is -0.313 e. The van der Waals surface area contributed by atoms with Gasteiger partial charge in [0, 0.05) is 25.2 Å². The van der Waals surface area contributed by atoms with Crippen molar-refractivity contribution in [3.63, 3.8) is 0 Å².